The fourth-order valence-corrected chi connectivity index (χ4v) is 5.84. The maximum absolute atomic E-state index is 12.1. The Labute approximate surface area is 183 Å². The average Bonchev–Trinajstić information content (AvgIpc) is 2.57. The fraction of sp³-hybridized carbons (Fsp3) is 0. The van der Waals surface area contributed by atoms with Gasteiger partial charge >= 0.3 is 10.3 Å². The third-order valence-corrected chi connectivity index (χ3v) is 8.49. The molecule has 0 aromatic carbocycles. The van der Waals surface area contributed by atoms with E-state index in [1.54, 1.807) is 0 Å². The van der Waals surface area contributed by atoms with E-state index >= 15 is 0 Å². The largest absolute Gasteiger partial charge is 0.617 e. The molecular weight excluding hydrogens is 528 g/mol. The highest BCUT2D eigenvalue weighted by atomic mass is 35.5. The van der Waals surface area contributed by atoms with Gasteiger partial charge in [-0.25, -0.2) is 0 Å². The van der Waals surface area contributed by atoms with Crippen molar-refractivity contribution in [3.05, 3.63) is 50.9 Å². The number of halogens is 8. The highest BCUT2D eigenvalue weighted by Crippen LogP contribution is 2.47. The summed E-state index contributed by atoms with van der Waals surface area (Å²) in [7, 11) is 1.51. The second-order valence-corrected chi connectivity index (χ2v) is 8.92. The van der Waals surface area contributed by atoms with Crippen molar-refractivity contribution in [3.8, 4) is 0 Å². The lowest BCUT2D eigenvalue weighted by Crippen LogP contribution is -2.32. The Morgan fingerprint density at radius 2 is 0.792 bits per heavy atom. The second kappa shape index (κ2) is 8.30. The zero-order valence-corrected chi connectivity index (χ0v) is 18.2. The molecule has 130 valence electrons. The van der Waals surface area contributed by atoms with E-state index in [1.807, 2.05) is 0 Å². The van der Waals surface area contributed by atoms with Crippen LogP contribution in [0.5, 0.6) is 0 Å². The normalized spacial score (nSPS) is 11.2. The third-order valence-electron chi connectivity index (χ3n) is 2.43. The molecule has 0 aliphatic rings. The van der Waals surface area contributed by atoms with Crippen LogP contribution in [0.2, 0.25) is 40.4 Å². The molecule has 0 amide bonds. The van der Waals surface area contributed by atoms with Crippen molar-refractivity contribution < 1.29 is 9.46 Å². The Balaban J connectivity index is 2.48. The van der Waals surface area contributed by atoms with Crippen molar-refractivity contribution >= 4 is 114 Å². The maximum atomic E-state index is 12.1. The van der Waals surface area contributed by atoms with E-state index in [4.69, 9.17) is 92.8 Å². The molecule has 0 aliphatic heterocycles. The van der Waals surface area contributed by atoms with Gasteiger partial charge in [0.15, 0.2) is 0 Å². The molecule has 0 aliphatic carbocycles. The summed E-state index contributed by atoms with van der Waals surface area (Å²) < 4.78 is 0.524. The van der Waals surface area contributed by atoms with Crippen LogP contribution >= 0.6 is 114 Å². The highest BCUT2D eigenvalue weighted by molar-refractivity contribution is 8.76. The Bertz CT molecular complexity index is 723. The van der Waals surface area contributed by atoms with Gasteiger partial charge in [-0.2, -0.15) is 0 Å². The topological polar surface area (TPSA) is 53.9 Å². The molecule has 24 heavy (non-hydrogen) atoms. The van der Waals surface area contributed by atoms with E-state index in [1.165, 1.54) is 0 Å². The maximum Gasteiger partial charge on any atom is 0.307 e. The van der Waals surface area contributed by atoms with Crippen LogP contribution in [0.3, 0.4) is 0 Å². The van der Waals surface area contributed by atoms with Crippen molar-refractivity contribution in [2.75, 3.05) is 0 Å². The molecule has 4 nitrogen and oxygen atoms in total. The molecule has 2 rings (SSSR count). The number of hydrogen-bond acceptors (Lipinski definition) is 4. The molecule has 0 saturated heterocycles. The molecule has 0 atom stereocenters. The van der Waals surface area contributed by atoms with Crippen LogP contribution < -0.4 is 9.46 Å². The van der Waals surface area contributed by atoms with Crippen molar-refractivity contribution in [2.45, 2.75) is 10.1 Å². The lowest BCUT2D eigenvalue weighted by Gasteiger charge is -2.11. The number of hydrogen-bond donors (Lipinski definition) is 0. The molecule has 0 radical (unpaired) electrons. The summed E-state index contributed by atoms with van der Waals surface area (Å²) in [6.45, 7) is 0. The molecule has 2 aromatic rings. The summed E-state index contributed by atoms with van der Waals surface area (Å²) in [4.78, 5) is 0. The van der Waals surface area contributed by atoms with Gasteiger partial charge in [-0.1, -0.05) is 69.6 Å². The average molecular weight is 528 g/mol. The van der Waals surface area contributed by atoms with E-state index in [0.717, 1.165) is 21.6 Å². The zero-order chi connectivity index (χ0) is 18.3. The number of aromatic nitrogens is 2. The molecule has 14 heteroatoms. The van der Waals surface area contributed by atoms with Crippen LogP contribution in [0, 0.1) is 10.4 Å². The van der Waals surface area contributed by atoms with E-state index in [2.05, 4.69) is 0 Å². The quantitative estimate of drug-likeness (QED) is 0.187. The number of rotatable bonds is 3. The second-order valence-electron chi connectivity index (χ2n) is 3.83. The first-order chi connectivity index (χ1) is 11.1. The first-order valence-electron chi connectivity index (χ1n) is 5.35. The van der Waals surface area contributed by atoms with E-state index < -0.39 is 0 Å². The van der Waals surface area contributed by atoms with Gasteiger partial charge in [-0.3, -0.25) is 0 Å². The van der Waals surface area contributed by atoms with Crippen molar-refractivity contribution in [2.24, 2.45) is 0 Å². The summed E-state index contributed by atoms with van der Waals surface area (Å²) in [5.74, 6) is 0. The highest BCUT2D eigenvalue weighted by Gasteiger charge is 2.30. The van der Waals surface area contributed by atoms with E-state index in [9.17, 15) is 10.4 Å². The van der Waals surface area contributed by atoms with Crippen LogP contribution in [-0.4, -0.2) is 0 Å². The molecule has 0 N–H and O–H groups in total. The van der Waals surface area contributed by atoms with Gasteiger partial charge in [0.1, 0.15) is 20.1 Å². The molecule has 2 heterocycles. The summed E-state index contributed by atoms with van der Waals surface area (Å²) >= 11 is 46.9. The van der Waals surface area contributed by atoms with Crippen LogP contribution in [0.4, 0.5) is 0 Å². The van der Waals surface area contributed by atoms with Crippen LogP contribution in [-0.2, 0) is 0 Å². The monoisotopic (exact) mass is 524 g/mol. The summed E-state index contributed by atoms with van der Waals surface area (Å²) in [6.07, 6.45) is 0. The third kappa shape index (κ3) is 3.79. The zero-order valence-electron chi connectivity index (χ0n) is 10.6. The number of nitrogens with zero attached hydrogens (tertiary/aromatic N) is 2. The molecule has 0 spiro atoms. The number of pyridine rings is 2. The van der Waals surface area contributed by atoms with Gasteiger partial charge in [-0.05, 0) is 23.2 Å². The molecule has 2 aromatic heterocycles. The Morgan fingerprint density at radius 1 is 0.500 bits per heavy atom. The Hall–Kier alpha value is 0.920. The summed E-state index contributed by atoms with van der Waals surface area (Å²) in [5.41, 5.74) is 0. The molecular formula is C10Cl8N2O2S2. The minimum absolute atomic E-state index is 0.105. The molecule has 0 unspecified atom stereocenters. The SMILES string of the molecule is [O-][n+]1c(Cl)c(Cl)c(Cl)c(Cl)c1SSc1c(Cl)c(Cl)c(Cl)c(Cl)[n+]1[O-]. The Kier molecular flexibility index (Phi) is 7.34. The van der Waals surface area contributed by atoms with Crippen molar-refractivity contribution in [1.82, 2.24) is 0 Å². The lowest BCUT2D eigenvalue weighted by molar-refractivity contribution is -0.643. The molecule has 0 bridgehead atoms. The van der Waals surface area contributed by atoms with Crippen LogP contribution in [0.15, 0.2) is 10.1 Å². The fourth-order valence-electron chi connectivity index (χ4n) is 1.32. The first-order valence-corrected chi connectivity index (χ1v) is 10.5. The van der Waals surface area contributed by atoms with Gasteiger partial charge in [-0.15, -0.1) is 9.46 Å². The van der Waals surface area contributed by atoms with Gasteiger partial charge in [0.25, 0.3) is 10.1 Å². The standard InChI is InChI=1S/C10Cl8N2O2S2/c11-1-3(13)7(17)19(21)9(5(1)15)23-24-10-6(16)2(12)4(14)8(18)20(10)22. The first kappa shape index (κ1) is 21.2. The lowest BCUT2D eigenvalue weighted by atomic mass is 10.5. The summed E-state index contributed by atoms with van der Waals surface area (Å²) in [6, 6.07) is 0. The smallest absolute Gasteiger partial charge is 0.307 e. The minimum Gasteiger partial charge on any atom is -0.617 e. The van der Waals surface area contributed by atoms with E-state index in [-0.39, 0.29) is 60.0 Å². The minimum atomic E-state index is -0.373. The van der Waals surface area contributed by atoms with Crippen LogP contribution in [0.25, 0.3) is 0 Å². The predicted octanol–water partition coefficient (Wildman–Crippen LogP) is 6.98. The van der Waals surface area contributed by atoms with Gasteiger partial charge in [0, 0.05) is 21.6 Å². The van der Waals surface area contributed by atoms with Crippen molar-refractivity contribution in [3.63, 3.8) is 0 Å². The van der Waals surface area contributed by atoms with Gasteiger partial charge < -0.3 is 10.4 Å². The summed E-state index contributed by atoms with van der Waals surface area (Å²) in [5, 5.41) is 22.3. The van der Waals surface area contributed by atoms with Gasteiger partial charge in [0.2, 0.25) is 0 Å². The van der Waals surface area contributed by atoms with E-state index in [0.29, 0.717) is 0 Å². The predicted molar refractivity (Wildman–Crippen MR) is 103 cm³/mol. The molecule has 0 fully saturated rings. The van der Waals surface area contributed by atoms with Crippen LogP contribution in [0.1, 0.15) is 0 Å². The van der Waals surface area contributed by atoms with Gasteiger partial charge in [0.05, 0.1) is 10.0 Å². The molecule has 0 saturated carbocycles. The Morgan fingerprint density at radius 3 is 1.08 bits per heavy atom. The van der Waals surface area contributed by atoms with Crippen molar-refractivity contribution in [1.29, 1.82) is 0 Å².